The summed E-state index contributed by atoms with van der Waals surface area (Å²) in [6, 6.07) is -4.30. The van der Waals surface area contributed by atoms with E-state index in [1.165, 1.54) is 11.8 Å². The molecule has 14 nitrogen and oxygen atoms in total. The maximum absolute atomic E-state index is 12.9. The first-order chi connectivity index (χ1) is 14.9. The number of aliphatic carboxylic acids is 1. The number of nitrogens with two attached hydrogens (primary N) is 4. The number of guanidine groups is 1. The molecule has 32 heavy (non-hydrogen) atoms. The maximum Gasteiger partial charge on any atom is 0.325 e. The van der Waals surface area contributed by atoms with Gasteiger partial charge >= 0.3 is 5.97 Å². The van der Waals surface area contributed by atoms with E-state index < -0.39 is 53.8 Å². The Morgan fingerprint density at radius 3 is 2.38 bits per heavy atom. The normalized spacial score (nSPS) is 18.2. The molecule has 11 N–H and O–H groups in total. The number of nitrogens with one attached hydrogen (secondary N) is 2. The standard InChI is InChI=1S/C18H32N8O6/c1-9(17(31)32)24-14(28)11(4-2-6-23-18(21)22)25-15(29)12-5-3-7-26(12)16(30)10(19)8-13(20)27/h9-12H,2-8,19H2,1H3,(H2,20,27)(H,24,28)(H,25,29)(H,31,32)(H4,21,22,23). The summed E-state index contributed by atoms with van der Waals surface area (Å²) in [6.07, 6.45) is 0.975. The monoisotopic (exact) mass is 456 g/mol. The molecule has 0 saturated carbocycles. The third-order valence-electron chi connectivity index (χ3n) is 4.88. The zero-order valence-corrected chi connectivity index (χ0v) is 18.0. The van der Waals surface area contributed by atoms with Gasteiger partial charge in [-0.1, -0.05) is 0 Å². The number of nitrogens with zero attached hydrogens (tertiary/aromatic N) is 2. The lowest BCUT2D eigenvalue weighted by atomic mass is 10.1. The molecule has 1 saturated heterocycles. The van der Waals surface area contributed by atoms with E-state index in [4.69, 9.17) is 28.0 Å². The van der Waals surface area contributed by atoms with Gasteiger partial charge in [0.2, 0.25) is 23.6 Å². The van der Waals surface area contributed by atoms with Gasteiger partial charge in [-0.15, -0.1) is 0 Å². The van der Waals surface area contributed by atoms with Crippen LogP contribution in [0.25, 0.3) is 0 Å². The molecule has 0 bridgehead atoms. The van der Waals surface area contributed by atoms with Crippen LogP contribution in [0.15, 0.2) is 4.99 Å². The van der Waals surface area contributed by atoms with E-state index >= 15 is 0 Å². The van der Waals surface area contributed by atoms with Gasteiger partial charge in [-0.05, 0) is 32.6 Å². The number of carboxylic acid groups (broad SMARTS) is 1. The average molecular weight is 457 g/mol. The topological polar surface area (TPSA) is 249 Å². The Hall–Kier alpha value is -3.42. The predicted octanol–water partition coefficient (Wildman–Crippen LogP) is -3.69. The molecule has 4 amide bonds. The van der Waals surface area contributed by atoms with Gasteiger partial charge in [-0.3, -0.25) is 29.0 Å². The number of aliphatic imine (C=N–C) groups is 1. The SMILES string of the molecule is CC(NC(=O)C(CCCN=C(N)N)NC(=O)C1CCCN1C(=O)C(N)CC(N)=O)C(=O)O. The Morgan fingerprint density at radius 1 is 1.16 bits per heavy atom. The average Bonchev–Trinajstić information content (AvgIpc) is 3.18. The third kappa shape index (κ3) is 8.37. The number of amides is 4. The van der Waals surface area contributed by atoms with Crippen LogP contribution in [0.2, 0.25) is 0 Å². The van der Waals surface area contributed by atoms with Crippen molar-refractivity contribution in [3.8, 4) is 0 Å². The molecule has 1 fully saturated rings. The largest absolute Gasteiger partial charge is 0.480 e. The van der Waals surface area contributed by atoms with E-state index in [1.807, 2.05) is 0 Å². The minimum Gasteiger partial charge on any atom is -0.480 e. The summed E-state index contributed by atoms with van der Waals surface area (Å²) >= 11 is 0. The second-order valence-electron chi connectivity index (χ2n) is 7.55. The van der Waals surface area contributed by atoms with Gasteiger partial charge in [0.15, 0.2) is 5.96 Å². The van der Waals surface area contributed by atoms with Crippen LogP contribution in [-0.2, 0) is 24.0 Å². The number of hydrogen-bond acceptors (Lipinski definition) is 7. The summed E-state index contributed by atoms with van der Waals surface area (Å²) in [5.74, 6) is -3.97. The summed E-state index contributed by atoms with van der Waals surface area (Å²) in [7, 11) is 0. The van der Waals surface area contributed by atoms with E-state index in [-0.39, 0.29) is 31.9 Å². The van der Waals surface area contributed by atoms with E-state index in [2.05, 4.69) is 15.6 Å². The van der Waals surface area contributed by atoms with E-state index in [9.17, 15) is 24.0 Å². The molecule has 4 atom stereocenters. The molecule has 1 aliphatic heterocycles. The Balaban J connectivity index is 2.88. The molecule has 1 rings (SSSR count). The van der Waals surface area contributed by atoms with Gasteiger partial charge in [-0.25, -0.2) is 0 Å². The number of carbonyl (C=O) groups is 5. The molecular formula is C18H32N8O6. The molecule has 4 unspecified atom stereocenters. The lowest BCUT2D eigenvalue weighted by molar-refractivity contribution is -0.142. The van der Waals surface area contributed by atoms with Crippen LogP contribution in [0.5, 0.6) is 0 Å². The Kier molecular flexibility index (Phi) is 10.3. The number of carbonyl (C=O) groups excluding carboxylic acids is 4. The van der Waals surface area contributed by atoms with Crippen LogP contribution in [0.4, 0.5) is 0 Å². The first kappa shape index (κ1) is 26.6. The molecule has 0 radical (unpaired) electrons. The molecule has 180 valence electrons. The fourth-order valence-corrected chi connectivity index (χ4v) is 3.24. The van der Waals surface area contributed by atoms with Crippen molar-refractivity contribution >= 4 is 35.6 Å². The van der Waals surface area contributed by atoms with Crippen molar-refractivity contribution < 1.29 is 29.1 Å². The van der Waals surface area contributed by atoms with Crippen molar-refractivity contribution in [3.05, 3.63) is 0 Å². The van der Waals surface area contributed by atoms with Crippen molar-refractivity contribution in [1.82, 2.24) is 15.5 Å². The zero-order valence-electron chi connectivity index (χ0n) is 18.0. The van der Waals surface area contributed by atoms with Gasteiger partial charge in [0.05, 0.1) is 12.5 Å². The summed E-state index contributed by atoms with van der Waals surface area (Å²) in [4.78, 5) is 65.1. The molecule has 0 aromatic rings. The quantitative estimate of drug-likeness (QED) is 0.0865. The highest BCUT2D eigenvalue weighted by Crippen LogP contribution is 2.19. The maximum atomic E-state index is 12.9. The number of likely N-dealkylation sites (tertiary alicyclic amines) is 1. The lowest BCUT2D eigenvalue weighted by Gasteiger charge is -2.28. The third-order valence-corrected chi connectivity index (χ3v) is 4.88. The van der Waals surface area contributed by atoms with Crippen LogP contribution in [0, 0.1) is 0 Å². The van der Waals surface area contributed by atoms with Crippen LogP contribution in [0.1, 0.15) is 39.0 Å². The van der Waals surface area contributed by atoms with Crippen molar-refractivity contribution in [2.24, 2.45) is 27.9 Å². The summed E-state index contributed by atoms with van der Waals surface area (Å²) in [6.45, 7) is 1.75. The minimum absolute atomic E-state index is 0.123. The van der Waals surface area contributed by atoms with Crippen LogP contribution in [0.3, 0.4) is 0 Å². The number of carboxylic acids is 1. The summed E-state index contributed by atoms with van der Waals surface area (Å²) < 4.78 is 0. The minimum atomic E-state index is -1.24. The van der Waals surface area contributed by atoms with Gasteiger partial charge in [-0.2, -0.15) is 0 Å². The first-order valence-corrected chi connectivity index (χ1v) is 10.2. The van der Waals surface area contributed by atoms with Crippen molar-refractivity contribution in [1.29, 1.82) is 0 Å². The van der Waals surface area contributed by atoms with Gasteiger partial charge in [0.25, 0.3) is 0 Å². The van der Waals surface area contributed by atoms with Crippen molar-refractivity contribution in [3.63, 3.8) is 0 Å². The fourth-order valence-electron chi connectivity index (χ4n) is 3.24. The predicted molar refractivity (Wildman–Crippen MR) is 114 cm³/mol. The number of primary amides is 1. The fraction of sp³-hybridized carbons (Fsp3) is 0.667. The molecule has 14 heteroatoms. The highest BCUT2D eigenvalue weighted by molar-refractivity contribution is 5.95. The highest BCUT2D eigenvalue weighted by atomic mass is 16.4. The first-order valence-electron chi connectivity index (χ1n) is 10.2. The molecule has 1 aliphatic rings. The van der Waals surface area contributed by atoms with E-state index in [0.29, 0.717) is 19.3 Å². The molecular weight excluding hydrogens is 424 g/mol. The van der Waals surface area contributed by atoms with Crippen molar-refractivity contribution in [2.75, 3.05) is 13.1 Å². The molecule has 0 aromatic heterocycles. The second kappa shape index (κ2) is 12.4. The van der Waals surface area contributed by atoms with E-state index in [1.54, 1.807) is 0 Å². The van der Waals surface area contributed by atoms with E-state index in [0.717, 1.165) is 0 Å². The second-order valence-corrected chi connectivity index (χ2v) is 7.55. The summed E-state index contributed by atoms with van der Waals surface area (Å²) in [5.41, 5.74) is 21.3. The van der Waals surface area contributed by atoms with Crippen LogP contribution >= 0.6 is 0 Å². The molecule has 0 aliphatic carbocycles. The Bertz CT molecular complexity index is 754. The lowest BCUT2D eigenvalue weighted by Crippen LogP contribution is -2.56. The van der Waals surface area contributed by atoms with Gasteiger partial charge in [0, 0.05) is 13.1 Å². The molecule has 1 heterocycles. The van der Waals surface area contributed by atoms with Gasteiger partial charge in [0.1, 0.15) is 18.1 Å². The van der Waals surface area contributed by atoms with Crippen molar-refractivity contribution in [2.45, 2.75) is 63.2 Å². The summed E-state index contributed by atoms with van der Waals surface area (Å²) in [5, 5.41) is 13.9. The molecule has 0 aromatic carbocycles. The Morgan fingerprint density at radius 2 is 1.81 bits per heavy atom. The number of hydrogen-bond donors (Lipinski definition) is 7. The van der Waals surface area contributed by atoms with Crippen LogP contribution < -0.4 is 33.6 Å². The highest BCUT2D eigenvalue weighted by Gasteiger charge is 2.38. The number of rotatable bonds is 12. The Labute approximate surface area is 185 Å². The van der Waals surface area contributed by atoms with Gasteiger partial charge < -0.3 is 43.6 Å². The zero-order chi connectivity index (χ0) is 24.4. The van der Waals surface area contributed by atoms with Crippen LogP contribution in [-0.4, -0.2) is 82.8 Å². The molecule has 0 spiro atoms. The smallest absolute Gasteiger partial charge is 0.325 e.